The molecule has 0 atom stereocenters. The van der Waals surface area contributed by atoms with Gasteiger partial charge in [-0.3, -0.25) is 4.79 Å². The van der Waals surface area contributed by atoms with E-state index in [1.54, 1.807) is 114 Å². The van der Waals surface area contributed by atoms with Gasteiger partial charge in [0.15, 0.2) is 34.5 Å². The molecule has 0 heterocycles. The van der Waals surface area contributed by atoms with Crippen molar-refractivity contribution in [3.8, 4) is 80.5 Å². The van der Waals surface area contributed by atoms with Crippen LogP contribution in [0, 0.1) is 27.7 Å². The van der Waals surface area contributed by atoms with E-state index in [9.17, 15) is 9.90 Å². The van der Waals surface area contributed by atoms with Crippen LogP contribution in [0.2, 0.25) is 0 Å². The van der Waals surface area contributed by atoms with Crippen LogP contribution in [-0.2, 0) is 19.1 Å². The number of rotatable bonds is 21. The van der Waals surface area contributed by atoms with E-state index in [0.717, 1.165) is 56.1 Å². The molecule has 0 spiro atoms. The molecule has 0 unspecified atom stereocenters. The molecule has 84 heavy (non-hydrogen) atoms. The van der Waals surface area contributed by atoms with Gasteiger partial charge in [0.05, 0.1) is 85.1 Å². The van der Waals surface area contributed by atoms with Gasteiger partial charge in [-0.2, -0.15) is 9.59 Å². The van der Waals surface area contributed by atoms with E-state index < -0.39 is 5.60 Å². The Bertz CT molecular complexity index is 2940. The zero-order valence-corrected chi connectivity index (χ0v) is 56.2. The maximum absolute atomic E-state index is 11.5. The van der Waals surface area contributed by atoms with Crippen LogP contribution in [0.4, 0.5) is 0 Å². The minimum absolute atomic E-state index is 0. The molecule has 0 saturated heterocycles. The summed E-state index contributed by atoms with van der Waals surface area (Å²) in [6, 6.07) is 26.3. The molecular formula is C63H87KO16S4. The number of thioether (sulfide) groups is 2. The third-order valence-corrected chi connectivity index (χ3v) is 13.6. The summed E-state index contributed by atoms with van der Waals surface area (Å²) in [7, 11) is 14.2. The molecule has 6 aromatic rings. The number of ether oxygens (including phenoxy) is 12. The standard InChI is InChI=1S/C23H30O6S2.C16H18O4S2.C16H18O3.C4H9O.CO2.3CH4.K/c1-7-9-30-21-11-15(2)16(25-3)12-19(21)29-20-13-17(26-4)18(27-5)14-22(20)31-10-8-23(24)28-6;1-9-5-15(21)13(6-10(9)17-2)20-14-7-11(18-3)12(19-4)8-16(14)22;1-11-5-6-13(9-12(11)2)19-14-7-8-15(17-3)16(10-14)18-4;1-4(2,3)5;2-1-3;;;;/h11-14H,7-10H2,1-6H3;5-8,21-22H,1-4H3;5-10H,1-4H3;1-3H3;;3*1H4;/q;;;-1;;;;;+1. The van der Waals surface area contributed by atoms with Crippen molar-refractivity contribution < 1.29 is 128 Å². The molecule has 0 N–H and O–H groups in total. The third-order valence-electron chi connectivity index (χ3n) is 10.6. The van der Waals surface area contributed by atoms with Gasteiger partial charge in [0.1, 0.15) is 46.0 Å². The maximum atomic E-state index is 11.5. The summed E-state index contributed by atoms with van der Waals surface area (Å²) in [6.07, 6.45) is 1.60. The SMILES string of the molecule is C.C.C.CC(C)(C)[O-].CCCSc1cc(C)c(OC)cc1Oc1cc(OC)c(OC)cc1SCCC(=O)OC.COc1cc(Oc2cc(OC)c(OC)cc2S)c(S)cc1C.COc1ccc(Oc2ccc(C)c(C)c2)cc1OC.O=C=O.[K+]. The van der Waals surface area contributed by atoms with E-state index in [4.69, 9.17) is 66.4 Å². The Labute approximate surface area is 562 Å². The molecule has 0 saturated carbocycles. The molecule has 0 aromatic heterocycles. The summed E-state index contributed by atoms with van der Waals surface area (Å²) < 4.78 is 65.6. The van der Waals surface area contributed by atoms with Crippen LogP contribution in [0.15, 0.2) is 105 Å². The van der Waals surface area contributed by atoms with E-state index in [1.807, 2.05) is 68.4 Å². The molecule has 0 aliphatic heterocycles. The van der Waals surface area contributed by atoms with Crippen LogP contribution < -0.4 is 109 Å². The van der Waals surface area contributed by atoms with Crippen molar-refractivity contribution in [2.24, 2.45) is 0 Å². The number of hydrogen-bond donors (Lipinski definition) is 2. The van der Waals surface area contributed by atoms with Crippen molar-refractivity contribution in [1.29, 1.82) is 0 Å². The zero-order valence-electron chi connectivity index (χ0n) is 49.7. The van der Waals surface area contributed by atoms with E-state index >= 15 is 0 Å². The van der Waals surface area contributed by atoms with Crippen molar-refractivity contribution >= 4 is 60.9 Å². The second-order valence-corrected chi connectivity index (χ2v) is 20.9. The number of carbonyl (C=O) groups excluding carboxylic acids is 3. The van der Waals surface area contributed by atoms with Gasteiger partial charge in [-0.15, -0.1) is 54.4 Å². The van der Waals surface area contributed by atoms with Crippen LogP contribution in [0.5, 0.6) is 80.5 Å². The molecular weight excluding hydrogens is 1180 g/mol. The molecule has 21 heteroatoms. The fourth-order valence-electron chi connectivity index (χ4n) is 6.57. The molecule has 0 aliphatic carbocycles. The van der Waals surface area contributed by atoms with Crippen LogP contribution in [-0.4, -0.2) is 93.2 Å². The summed E-state index contributed by atoms with van der Waals surface area (Å²) in [6.45, 7) is 15.2. The van der Waals surface area contributed by atoms with Gasteiger partial charge in [0, 0.05) is 53.1 Å². The molecule has 460 valence electrons. The van der Waals surface area contributed by atoms with E-state index in [2.05, 4.69) is 52.1 Å². The normalized spacial score (nSPS) is 9.67. The number of hydrogen-bond acceptors (Lipinski definition) is 20. The van der Waals surface area contributed by atoms with Crippen molar-refractivity contribution in [2.45, 2.75) is 116 Å². The predicted molar refractivity (Wildman–Crippen MR) is 338 cm³/mol. The van der Waals surface area contributed by atoms with Crippen LogP contribution in [0.1, 0.15) is 85.1 Å². The van der Waals surface area contributed by atoms with Gasteiger partial charge in [-0.25, -0.2) is 0 Å². The van der Waals surface area contributed by atoms with Crippen LogP contribution in [0.3, 0.4) is 0 Å². The smallest absolute Gasteiger partial charge is 0.850 e. The average molecular weight is 1270 g/mol. The Kier molecular flexibility index (Phi) is 43.1. The number of benzene rings is 6. The van der Waals surface area contributed by atoms with Crippen LogP contribution >= 0.6 is 48.8 Å². The number of esters is 1. The van der Waals surface area contributed by atoms with Gasteiger partial charge in [-0.05, 0) is 98.5 Å². The van der Waals surface area contributed by atoms with Crippen molar-refractivity contribution in [3.05, 3.63) is 107 Å². The Morgan fingerprint density at radius 3 is 1.31 bits per heavy atom. The summed E-state index contributed by atoms with van der Waals surface area (Å²) in [4.78, 5) is 31.0. The fraction of sp³-hybridized carbons (Fsp3) is 0.397. The van der Waals surface area contributed by atoms with Gasteiger partial charge in [-0.1, -0.05) is 56.0 Å². The van der Waals surface area contributed by atoms with Gasteiger partial charge >= 0.3 is 63.5 Å². The maximum Gasteiger partial charge on any atom is 1.00 e. The molecule has 0 aliphatic rings. The Balaban J connectivity index is -0.00000110. The van der Waals surface area contributed by atoms with Crippen molar-refractivity contribution in [1.82, 2.24) is 0 Å². The molecule has 0 amide bonds. The first-order chi connectivity index (χ1) is 38.0. The zero-order chi connectivity index (χ0) is 60.1. The Hall–Kier alpha value is -5.03. The van der Waals surface area contributed by atoms with Gasteiger partial charge in [0.25, 0.3) is 0 Å². The minimum Gasteiger partial charge on any atom is -0.850 e. The number of methoxy groups -OCH3 is 9. The number of carbonyl (C=O) groups is 1. The number of aryl methyl sites for hydroxylation is 4. The van der Waals surface area contributed by atoms with Gasteiger partial charge < -0.3 is 61.9 Å². The van der Waals surface area contributed by atoms with Gasteiger partial charge in [0.2, 0.25) is 0 Å². The fourth-order valence-corrected chi connectivity index (χ4v) is 8.95. The first-order valence-electron chi connectivity index (χ1n) is 24.6. The van der Waals surface area contributed by atoms with E-state index in [-0.39, 0.29) is 85.8 Å². The van der Waals surface area contributed by atoms with E-state index in [0.29, 0.717) is 79.5 Å². The average Bonchev–Trinajstić information content (AvgIpc) is 3.58. The molecule has 0 radical (unpaired) electrons. The summed E-state index contributed by atoms with van der Waals surface area (Å²) in [5, 5.41) is 10.1. The second-order valence-electron chi connectivity index (χ2n) is 17.7. The molecule has 0 bridgehead atoms. The Morgan fingerprint density at radius 2 is 0.833 bits per heavy atom. The summed E-state index contributed by atoms with van der Waals surface area (Å²) in [5.41, 5.74) is 3.74. The molecule has 16 nitrogen and oxygen atoms in total. The molecule has 6 aromatic carbocycles. The topological polar surface area (TPSA) is 185 Å². The van der Waals surface area contributed by atoms with E-state index in [1.165, 1.54) is 30.0 Å². The third kappa shape index (κ3) is 28.4. The van der Waals surface area contributed by atoms with Crippen molar-refractivity contribution in [2.75, 3.05) is 75.5 Å². The first-order valence-corrected chi connectivity index (χ1v) is 27.5. The van der Waals surface area contributed by atoms with Crippen LogP contribution in [0.25, 0.3) is 0 Å². The quantitative estimate of drug-likeness (QED) is 0.0300. The molecule has 6 rings (SSSR count). The minimum atomic E-state index is -0.750. The first kappa shape index (κ1) is 83.2. The Morgan fingerprint density at radius 1 is 0.464 bits per heavy atom. The summed E-state index contributed by atoms with van der Waals surface area (Å²) >= 11 is 12.1. The second kappa shape index (κ2) is 43.6. The number of thiol groups is 2. The monoisotopic (exact) mass is 1270 g/mol. The largest absolute Gasteiger partial charge is 1.00 e. The molecule has 0 fully saturated rings. The predicted octanol–water partition coefficient (Wildman–Crippen LogP) is 12.9. The van der Waals surface area contributed by atoms with Crippen molar-refractivity contribution in [3.63, 3.8) is 0 Å². The summed E-state index contributed by atoms with van der Waals surface area (Å²) in [5.74, 6) is 10.4.